The standard InChI is InChI=1S/C14H8FNO2Se/c15-11-7-3-1-5-9(11)14(17)18-13-10-6-2-4-8-12(10)19-16-13/h1-8H. The second-order valence-electron chi connectivity index (χ2n) is 3.85. The van der Waals surface area contributed by atoms with Crippen LogP contribution >= 0.6 is 0 Å². The molecule has 0 atom stereocenters. The minimum absolute atomic E-state index is 0.0814. The second kappa shape index (κ2) is 4.96. The van der Waals surface area contributed by atoms with E-state index in [4.69, 9.17) is 4.74 Å². The van der Waals surface area contributed by atoms with Crippen LogP contribution in [-0.4, -0.2) is 24.7 Å². The van der Waals surface area contributed by atoms with Gasteiger partial charge in [-0.15, -0.1) is 0 Å². The number of benzene rings is 2. The van der Waals surface area contributed by atoms with Gasteiger partial charge in [0.2, 0.25) is 0 Å². The summed E-state index contributed by atoms with van der Waals surface area (Å²) in [5.41, 5.74) is -0.0814. The molecule has 3 aromatic rings. The zero-order chi connectivity index (χ0) is 13.2. The van der Waals surface area contributed by atoms with Gasteiger partial charge in [-0.25, -0.2) is 0 Å². The van der Waals surface area contributed by atoms with E-state index in [-0.39, 0.29) is 26.2 Å². The Morgan fingerprint density at radius 1 is 1.11 bits per heavy atom. The first kappa shape index (κ1) is 12.1. The van der Waals surface area contributed by atoms with Gasteiger partial charge in [0.25, 0.3) is 0 Å². The number of esters is 1. The summed E-state index contributed by atoms with van der Waals surface area (Å²) in [4.78, 5) is 11.9. The van der Waals surface area contributed by atoms with Crippen LogP contribution in [0, 0.1) is 5.82 Å². The number of aromatic nitrogens is 1. The molecule has 1 heterocycles. The minimum atomic E-state index is -0.718. The van der Waals surface area contributed by atoms with Crippen molar-refractivity contribution < 1.29 is 13.9 Å². The van der Waals surface area contributed by atoms with Crippen molar-refractivity contribution in [2.45, 2.75) is 0 Å². The number of hydrogen-bond donors (Lipinski definition) is 0. The van der Waals surface area contributed by atoms with Crippen molar-refractivity contribution in [2.75, 3.05) is 0 Å². The maximum atomic E-state index is 13.5. The van der Waals surface area contributed by atoms with E-state index in [1.54, 1.807) is 6.07 Å². The first-order valence-electron chi connectivity index (χ1n) is 5.57. The Morgan fingerprint density at radius 2 is 1.84 bits per heavy atom. The molecule has 0 bridgehead atoms. The van der Waals surface area contributed by atoms with Crippen LogP contribution in [0.15, 0.2) is 48.5 Å². The summed E-state index contributed by atoms with van der Waals surface area (Å²) in [6, 6.07) is 13.3. The molecule has 0 saturated heterocycles. The predicted molar refractivity (Wildman–Crippen MR) is 70.0 cm³/mol. The fraction of sp³-hybridized carbons (Fsp3) is 0. The van der Waals surface area contributed by atoms with Gasteiger partial charge >= 0.3 is 114 Å². The van der Waals surface area contributed by atoms with Crippen molar-refractivity contribution in [3.05, 3.63) is 59.9 Å². The van der Waals surface area contributed by atoms with Crippen molar-refractivity contribution in [3.8, 4) is 5.88 Å². The van der Waals surface area contributed by atoms with Crippen LogP contribution in [0.1, 0.15) is 10.4 Å². The molecule has 0 radical (unpaired) electrons. The second-order valence-corrected chi connectivity index (χ2v) is 5.54. The number of hydrogen-bond acceptors (Lipinski definition) is 3. The summed E-state index contributed by atoms with van der Waals surface area (Å²) in [7, 11) is 0. The third-order valence-corrected chi connectivity index (χ3v) is 4.33. The van der Waals surface area contributed by atoms with Crippen LogP contribution in [0.5, 0.6) is 5.88 Å². The molecule has 3 nitrogen and oxygen atoms in total. The fourth-order valence-electron chi connectivity index (χ4n) is 1.71. The van der Waals surface area contributed by atoms with Crippen LogP contribution in [0.2, 0.25) is 0 Å². The summed E-state index contributed by atoms with van der Waals surface area (Å²) < 4.78 is 23.9. The molecule has 0 aliphatic carbocycles. The van der Waals surface area contributed by atoms with Crippen molar-refractivity contribution in [3.63, 3.8) is 0 Å². The van der Waals surface area contributed by atoms with Crippen LogP contribution in [0.3, 0.4) is 0 Å². The molecule has 0 spiro atoms. The summed E-state index contributed by atoms with van der Waals surface area (Å²) in [6.07, 6.45) is 0. The Hall–Kier alpha value is -1.97. The quantitative estimate of drug-likeness (QED) is 0.538. The van der Waals surface area contributed by atoms with Gasteiger partial charge in [-0.1, -0.05) is 0 Å². The fourth-order valence-corrected chi connectivity index (χ4v) is 3.20. The van der Waals surface area contributed by atoms with Gasteiger partial charge in [-0.3, -0.25) is 0 Å². The number of rotatable bonds is 2. The van der Waals surface area contributed by atoms with E-state index in [0.717, 1.165) is 9.65 Å². The number of carbonyl (C=O) groups excluding carboxylic acids is 1. The molecule has 0 unspecified atom stereocenters. The Balaban J connectivity index is 1.94. The zero-order valence-electron chi connectivity index (χ0n) is 9.67. The molecule has 0 aliphatic rings. The third-order valence-electron chi connectivity index (χ3n) is 2.63. The summed E-state index contributed by atoms with van der Waals surface area (Å²) in [5, 5.41) is 0.812. The van der Waals surface area contributed by atoms with Gasteiger partial charge in [0, 0.05) is 0 Å². The molecular formula is C14H8FNO2Se. The Kier molecular flexibility index (Phi) is 3.15. The van der Waals surface area contributed by atoms with Crippen LogP contribution in [0.4, 0.5) is 4.39 Å². The predicted octanol–water partition coefficient (Wildman–Crippen LogP) is 2.65. The molecule has 5 heteroatoms. The molecule has 0 saturated carbocycles. The van der Waals surface area contributed by atoms with Gasteiger partial charge in [0.1, 0.15) is 0 Å². The molecule has 2 aromatic carbocycles. The number of carbonyl (C=O) groups is 1. The van der Waals surface area contributed by atoms with E-state index in [1.807, 2.05) is 24.3 Å². The molecule has 1 aromatic heterocycles. The average Bonchev–Trinajstić information content (AvgIpc) is 2.83. The van der Waals surface area contributed by atoms with Crippen molar-refractivity contribution >= 4 is 30.3 Å². The van der Waals surface area contributed by atoms with E-state index >= 15 is 0 Å². The van der Waals surface area contributed by atoms with Crippen molar-refractivity contribution in [1.82, 2.24) is 3.98 Å². The number of halogens is 1. The zero-order valence-corrected chi connectivity index (χ0v) is 11.4. The van der Waals surface area contributed by atoms with Gasteiger partial charge in [0.05, 0.1) is 0 Å². The van der Waals surface area contributed by atoms with E-state index in [0.29, 0.717) is 0 Å². The number of nitrogens with zero attached hydrogens (tertiary/aromatic N) is 1. The van der Waals surface area contributed by atoms with Gasteiger partial charge < -0.3 is 0 Å². The molecule has 0 fully saturated rings. The molecule has 0 N–H and O–H groups in total. The van der Waals surface area contributed by atoms with Gasteiger partial charge in [-0.05, 0) is 0 Å². The Morgan fingerprint density at radius 3 is 2.68 bits per heavy atom. The SMILES string of the molecule is O=C(Oc1n[se]c2ccccc12)c1ccccc1F. The Labute approximate surface area is 114 Å². The molecular weight excluding hydrogens is 312 g/mol. The number of ether oxygens (including phenoxy) is 1. The van der Waals surface area contributed by atoms with Crippen LogP contribution < -0.4 is 4.74 Å². The first-order chi connectivity index (χ1) is 9.25. The van der Waals surface area contributed by atoms with E-state index in [1.165, 1.54) is 18.2 Å². The molecule has 19 heavy (non-hydrogen) atoms. The normalized spacial score (nSPS) is 10.6. The van der Waals surface area contributed by atoms with Gasteiger partial charge in [-0.2, -0.15) is 0 Å². The van der Waals surface area contributed by atoms with E-state index < -0.39 is 11.8 Å². The molecule has 0 amide bonds. The molecule has 0 aliphatic heterocycles. The van der Waals surface area contributed by atoms with Crippen molar-refractivity contribution in [1.29, 1.82) is 0 Å². The monoisotopic (exact) mass is 321 g/mol. The van der Waals surface area contributed by atoms with Gasteiger partial charge in [0.15, 0.2) is 0 Å². The van der Waals surface area contributed by atoms with Crippen LogP contribution in [0.25, 0.3) is 9.65 Å². The molecule has 3 rings (SSSR count). The number of fused-ring (bicyclic) bond motifs is 1. The van der Waals surface area contributed by atoms with E-state index in [2.05, 4.69) is 3.98 Å². The van der Waals surface area contributed by atoms with E-state index in [9.17, 15) is 9.18 Å². The van der Waals surface area contributed by atoms with Crippen molar-refractivity contribution in [2.24, 2.45) is 0 Å². The first-order valence-corrected chi connectivity index (χ1v) is 7.19. The summed E-state index contributed by atoms with van der Waals surface area (Å²) in [6.45, 7) is 0. The topological polar surface area (TPSA) is 39.2 Å². The maximum absolute atomic E-state index is 13.5. The average molecular weight is 320 g/mol. The Bertz CT molecular complexity index is 754. The summed E-state index contributed by atoms with van der Waals surface area (Å²) >= 11 is -0.0819. The van der Waals surface area contributed by atoms with Crippen LogP contribution in [-0.2, 0) is 0 Å². The third kappa shape index (κ3) is 2.30. The molecule has 94 valence electrons. The summed E-state index contributed by atoms with van der Waals surface area (Å²) in [5.74, 6) is -1.03.